The normalized spacial score (nSPS) is 11.0. The Hall–Kier alpha value is -1.78. The second kappa shape index (κ2) is 5.92. The highest BCUT2D eigenvalue weighted by Crippen LogP contribution is 2.25. The van der Waals surface area contributed by atoms with Crippen LogP contribution in [-0.2, 0) is 13.2 Å². The minimum atomic E-state index is 0.321. The van der Waals surface area contributed by atoms with Crippen LogP contribution in [0.1, 0.15) is 12.5 Å². The molecule has 0 aliphatic rings. The molecule has 0 aliphatic carbocycles. The molecule has 0 atom stereocenters. The van der Waals surface area contributed by atoms with Crippen LogP contribution in [-0.4, -0.2) is 14.5 Å². The molecule has 0 radical (unpaired) electrons. The highest BCUT2D eigenvalue weighted by atomic mass is 35.5. The van der Waals surface area contributed by atoms with Crippen LogP contribution in [0.4, 0.5) is 0 Å². The van der Waals surface area contributed by atoms with Crippen molar-refractivity contribution in [3.8, 4) is 5.88 Å². The van der Waals surface area contributed by atoms with Gasteiger partial charge in [0.05, 0.1) is 11.8 Å². The van der Waals surface area contributed by atoms with Crippen LogP contribution in [0.25, 0.3) is 11.0 Å². The third-order valence-electron chi connectivity index (χ3n) is 3.23. The molecule has 0 saturated heterocycles. The lowest BCUT2D eigenvalue weighted by molar-refractivity contribution is 0.297. The fourth-order valence-corrected chi connectivity index (χ4v) is 2.57. The van der Waals surface area contributed by atoms with Crippen molar-refractivity contribution in [1.29, 1.82) is 0 Å². The Bertz CT molecular complexity index is 786. The number of rotatable bonds is 4. The molecule has 0 bridgehead atoms. The molecule has 0 amide bonds. The van der Waals surface area contributed by atoms with Gasteiger partial charge in [-0.05, 0) is 25.1 Å². The van der Waals surface area contributed by atoms with Crippen molar-refractivity contribution in [2.45, 2.75) is 20.1 Å². The van der Waals surface area contributed by atoms with E-state index in [4.69, 9.17) is 27.9 Å². The Balaban J connectivity index is 1.87. The van der Waals surface area contributed by atoms with Crippen molar-refractivity contribution in [3.05, 3.63) is 52.4 Å². The molecule has 0 N–H and O–H groups in total. The van der Waals surface area contributed by atoms with Crippen LogP contribution >= 0.6 is 23.2 Å². The number of imidazole rings is 1. The number of nitrogens with zero attached hydrogens (tertiary/aromatic N) is 3. The largest absolute Gasteiger partial charge is 0.471 e. The average molecular weight is 322 g/mol. The van der Waals surface area contributed by atoms with Crippen LogP contribution in [0, 0.1) is 0 Å². The first-order chi connectivity index (χ1) is 10.2. The van der Waals surface area contributed by atoms with Crippen molar-refractivity contribution >= 4 is 34.2 Å². The van der Waals surface area contributed by atoms with Crippen molar-refractivity contribution < 1.29 is 4.74 Å². The van der Waals surface area contributed by atoms with Crippen LogP contribution in [0.3, 0.4) is 0 Å². The van der Waals surface area contributed by atoms with Gasteiger partial charge in [-0.15, -0.1) is 0 Å². The van der Waals surface area contributed by atoms with Crippen LogP contribution in [0.2, 0.25) is 10.0 Å². The summed E-state index contributed by atoms with van der Waals surface area (Å²) in [7, 11) is 0. The van der Waals surface area contributed by atoms with E-state index in [1.54, 1.807) is 24.7 Å². The van der Waals surface area contributed by atoms with Crippen molar-refractivity contribution in [2.24, 2.45) is 0 Å². The number of ether oxygens (including phenoxy) is 1. The lowest BCUT2D eigenvalue weighted by Gasteiger charge is -2.08. The monoisotopic (exact) mass is 321 g/mol. The average Bonchev–Trinajstić information content (AvgIpc) is 2.90. The van der Waals surface area contributed by atoms with E-state index in [1.807, 2.05) is 16.7 Å². The summed E-state index contributed by atoms with van der Waals surface area (Å²) in [6, 6.07) is 7.25. The maximum absolute atomic E-state index is 6.14. The first-order valence-electron chi connectivity index (χ1n) is 6.55. The van der Waals surface area contributed by atoms with Gasteiger partial charge in [0.15, 0.2) is 5.52 Å². The molecule has 2 aromatic heterocycles. The molecule has 108 valence electrons. The Morgan fingerprint density at radius 3 is 2.81 bits per heavy atom. The Labute approximate surface area is 132 Å². The summed E-state index contributed by atoms with van der Waals surface area (Å²) in [5.41, 5.74) is 2.61. The Morgan fingerprint density at radius 1 is 1.19 bits per heavy atom. The van der Waals surface area contributed by atoms with Crippen molar-refractivity contribution in [3.63, 3.8) is 0 Å². The summed E-state index contributed by atoms with van der Waals surface area (Å²) in [5, 5.41) is 1.18. The van der Waals surface area contributed by atoms with Crippen LogP contribution in [0.15, 0.2) is 36.8 Å². The number of hydrogen-bond donors (Lipinski definition) is 0. The molecule has 0 unspecified atom stereocenters. The number of aryl methyl sites for hydroxylation is 1. The Kier molecular flexibility index (Phi) is 3.99. The van der Waals surface area contributed by atoms with E-state index in [9.17, 15) is 0 Å². The molecule has 0 aliphatic heterocycles. The Morgan fingerprint density at radius 2 is 2.05 bits per heavy atom. The summed E-state index contributed by atoms with van der Waals surface area (Å²) in [6.07, 6.45) is 3.50. The van der Waals surface area contributed by atoms with Gasteiger partial charge in [0, 0.05) is 28.4 Å². The molecule has 0 fully saturated rings. The number of hydrogen-bond acceptors (Lipinski definition) is 3. The number of benzene rings is 1. The van der Waals surface area contributed by atoms with Crippen molar-refractivity contribution in [1.82, 2.24) is 14.5 Å². The summed E-state index contributed by atoms with van der Waals surface area (Å²) < 4.78 is 7.81. The lowest BCUT2D eigenvalue weighted by Crippen LogP contribution is -1.99. The van der Waals surface area contributed by atoms with Crippen LogP contribution in [0.5, 0.6) is 5.88 Å². The van der Waals surface area contributed by atoms with Gasteiger partial charge in [-0.1, -0.05) is 29.3 Å². The summed E-state index contributed by atoms with van der Waals surface area (Å²) in [4.78, 5) is 8.61. The molecule has 3 aromatic rings. The first-order valence-corrected chi connectivity index (χ1v) is 7.31. The van der Waals surface area contributed by atoms with E-state index in [-0.39, 0.29) is 0 Å². The number of pyridine rings is 1. The van der Waals surface area contributed by atoms with Crippen molar-refractivity contribution in [2.75, 3.05) is 0 Å². The molecular weight excluding hydrogens is 309 g/mol. The maximum atomic E-state index is 6.14. The molecular formula is C15H13Cl2N3O. The van der Waals surface area contributed by atoms with Gasteiger partial charge in [-0.3, -0.25) is 0 Å². The topological polar surface area (TPSA) is 39.9 Å². The minimum absolute atomic E-state index is 0.321. The zero-order valence-electron chi connectivity index (χ0n) is 11.4. The van der Waals surface area contributed by atoms with Gasteiger partial charge in [-0.25, -0.2) is 9.97 Å². The fourth-order valence-electron chi connectivity index (χ4n) is 2.11. The molecule has 1 aromatic carbocycles. The van der Waals surface area contributed by atoms with Crippen LogP contribution < -0.4 is 4.74 Å². The SMILES string of the molecule is CCn1cnc2c(OCc3ccc(Cl)cc3Cl)nccc21. The van der Waals surface area contributed by atoms with E-state index >= 15 is 0 Å². The van der Waals surface area contributed by atoms with E-state index in [1.165, 1.54) is 0 Å². The molecule has 0 spiro atoms. The minimum Gasteiger partial charge on any atom is -0.471 e. The summed E-state index contributed by atoms with van der Waals surface area (Å²) in [6.45, 7) is 3.24. The highest BCUT2D eigenvalue weighted by molar-refractivity contribution is 6.35. The molecule has 2 heterocycles. The second-order valence-corrected chi connectivity index (χ2v) is 5.38. The summed E-state index contributed by atoms with van der Waals surface area (Å²) >= 11 is 12.0. The number of aromatic nitrogens is 3. The predicted molar refractivity (Wildman–Crippen MR) is 84.0 cm³/mol. The number of fused-ring (bicyclic) bond motifs is 1. The first kappa shape index (κ1) is 14.2. The highest BCUT2D eigenvalue weighted by Gasteiger charge is 2.10. The molecule has 21 heavy (non-hydrogen) atoms. The lowest BCUT2D eigenvalue weighted by atomic mass is 10.2. The quantitative estimate of drug-likeness (QED) is 0.717. The number of halogens is 2. The fraction of sp³-hybridized carbons (Fsp3) is 0.200. The predicted octanol–water partition coefficient (Wildman–Crippen LogP) is 4.34. The van der Waals surface area contributed by atoms with E-state index < -0.39 is 0 Å². The van der Waals surface area contributed by atoms with Gasteiger partial charge in [0.1, 0.15) is 6.61 Å². The standard InChI is InChI=1S/C15H13Cl2N3O/c1-2-20-9-19-14-13(20)5-6-18-15(14)21-8-10-3-4-11(16)7-12(10)17/h3-7,9H,2,8H2,1H3. The third-order valence-corrected chi connectivity index (χ3v) is 3.81. The van der Waals surface area contributed by atoms with Gasteiger partial charge in [0.2, 0.25) is 5.88 Å². The van der Waals surface area contributed by atoms with Gasteiger partial charge in [0.25, 0.3) is 0 Å². The maximum Gasteiger partial charge on any atom is 0.242 e. The smallest absolute Gasteiger partial charge is 0.242 e. The van der Waals surface area contributed by atoms with Gasteiger partial charge in [-0.2, -0.15) is 0 Å². The van der Waals surface area contributed by atoms with E-state index in [0.717, 1.165) is 23.1 Å². The molecule has 3 rings (SSSR count). The second-order valence-electron chi connectivity index (χ2n) is 4.54. The zero-order valence-corrected chi connectivity index (χ0v) is 12.9. The molecule has 0 saturated carbocycles. The van der Waals surface area contributed by atoms with Gasteiger partial charge < -0.3 is 9.30 Å². The third kappa shape index (κ3) is 2.82. The van der Waals surface area contributed by atoms with Gasteiger partial charge >= 0.3 is 0 Å². The zero-order chi connectivity index (χ0) is 14.8. The molecule has 6 heteroatoms. The van der Waals surface area contributed by atoms with E-state index in [2.05, 4.69) is 16.9 Å². The van der Waals surface area contributed by atoms with E-state index in [0.29, 0.717) is 22.5 Å². The summed E-state index contributed by atoms with van der Waals surface area (Å²) in [5.74, 6) is 0.505. The molecule has 4 nitrogen and oxygen atoms in total.